The Kier molecular flexibility index (Phi) is 7.32. The molecule has 0 N–H and O–H groups in total. The molecule has 2 heterocycles. The van der Waals surface area contributed by atoms with Gasteiger partial charge in [0.25, 0.3) is 0 Å². The summed E-state index contributed by atoms with van der Waals surface area (Å²) in [4.78, 5) is 9.92. The van der Waals surface area contributed by atoms with Crippen LogP contribution < -0.4 is 0 Å². The van der Waals surface area contributed by atoms with Crippen LogP contribution in [0.5, 0.6) is 0 Å². The smallest absolute Gasteiger partial charge is 0.0712 e. The average Bonchev–Trinajstić information content (AvgIpc) is 4.03. The summed E-state index contributed by atoms with van der Waals surface area (Å²) in [5, 5.41) is 5.06. The SMILES string of the molecule is C1=C(c2cccc(-c3cccc(-c4cccnc4)c3)c2)N=C(c2ccc(-c3cccc4ccccc34)cc2)C2CC2=C1c1cccc2ccccc12. The normalized spacial score (nSPS) is 15.2. The van der Waals surface area contributed by atoms with E-state index in [2.05, 4.69) is 175 Å². The van der Waals surface area contributed by atoms with Gasteiger partial charge in [0.15, 0.2) is 0 Å². The van der Waals surface area contributed by atoms with Gasteiger partial charge in [0.1, 0.15) is 0 Å². The Morgan fingerprint density at radius 1 is 0.442 bits per heavy atom. The summed E-state index contributed by atoms with van der Waals surface area (Å²) in [6.07, 6.45) is 7.11. The number of hydrogen-bond donors (Lipinski definition) is 0. The molecule has 2 heteroatoms. The van der Waals surface area contributed by atoms with Crippen LogP contribution in [0.3, 0.4) is 0 Å². The van der Waals surface area contributed by atoms with Crippen LogP contribution >= 0.6 is 0 Å². The molecule has 1 aliphatic carbocycles. The third-order valence-corrected chi connectivity index (χ3v) is 10.6. The Balaban J connectivity index is 1.09. The molecule has 0 bridgehead atoms. The van der Waals surface area contributed by atoms with Crippen molar-refractivity contribution in [2.24, 2.45) is 10.9 Å². The van der Waals surface area contributed by atoms with E-state index in [4.69, 9.17) is 4.99 Å². The minimum absolute atomic E-state index is 0.283. The highest BCUT2D eigenvalue weighted by molar-refractivity contribution is 6.14. The van der Waals surface area contributed by atoms with Crippen molar-refractivity contribution in [3.8, 4) is 33.4 Å². The fourth-order valence-electron chi connectivity index (χ4n) is 7.88. The van der Waals surface area contributed by atoms with Crippen LogP contribution in [0.15, 0.2) is 199 Å². The molecule has 2 aliphatic rings. The van der Waals surface area contributed by atoms with Crippen molar-refractivity contribution in [1.29, 1.82) is 0 Å². The molecule has 244 valence electrons. The average molecular weight is 663 g/mol. The first-order valence-electron chi connectivity index (χ1n) is 18.0. The van der Waals surface area contributed by atoms with E-state index in [1.807, 2.05) is 18.5 Å². The first-order valence-corrected chi connectivity index (χ1v) is 18.0. The van der Waals surface area contributed by atoms with Crippen LogP contribution in [0.2, 0.25) is 0 Å². The lowest BCUT2D eigenvalue weighted by molar-refractivity contribution is 1.22. The number of rotatable bonds is 6. The fourth-order valence-corrected chi connectivity index (χ4v) is 7.88. The highest BCUT2D eigenvalue weighted by atomic mass is 14.8. The van der Waals surface area contributed by atoms with Gasteiger partial charge in [-0.3, -0.25) is 9.98 Å². The summed E-state index contributed by atoms with van der Waals surface area (Å²) in [5.74, 6) is 0.283. The van der Waals surface area contributed by atoms with Crippen LogP contribution in [0.25, 0.3) is 66.2 Å². The highest BCUT2D eigenvalue weighted by Crippen LogP contribution is 2.50. The number of aliphatic imine (C=N–C) groups is 1. The second-order valence-corrected chi connectivity index (χ2v) is 13.8. The maximum atomic E-state index is 5.57. The number of aromatic nitrogens is 1. The summed E-state index contributed by atoms with van der Waals surface area (Å²) < 4.78 is 0. The van der Waals surface area contributed by atoms with Gasteiger partial charge >= 0.3 is 0 Å². The maximum Gasteiger partial charge on any atom is 0.0712 e. The van der Waals surface area contributed by atoms with E-state index in [1.54, 1.807) is 0 Å². The summed E-state index contributed by atoms with van der Waals surface area (Å²) >= 11 is 0. The van der Waals surface area contributed by atoms with Gasteiger partial charge in [-0.25, -0.2) is 0 Å². The topological polar surface area (TPSA) is 25.2 Å². The van der Waals surface area contributed by atoms with E-state index in [0.29, 0.717) is 0 Å². The molecular weight excluding hydrogens is 629 g/mol. The zero-order valence-electron chi connectivity index (χ0n) is 28.6. The molecule has 1 saturated carbocycles. The minimum Gasteiger partial charge on any atom is -0.264 e. The zero-order valence-corrected chi connectivity index (χ0v) is 28.6. The number of benzene rings is 7. The van der Waals surface area contributed by atoms with Gasteiger partial charge in [0, 0.05) is 29.4 Å². The molecule has 1 aliphatic heterocycles. The monoisotopic (exact) mass is 662 g/mol. The Morgan fingerprint density at radius 2 is 1.00 bits per heavy atom. The standard InChI is InChI=1S/C50H34N2/c1-3-19-42-33(10-1)12-7-21-43(42)35-23-25-36(26-24-35)50-48-30-46(48)47(45-22-8-13-34-11-2-4-20-44(34)45)31-49(52-50)40-17-6-15-38(29-40)37-14-5-16-39(28-37)41-18-9-27-51-32-41/h1-29,31-32,48H,30H2. The van der Waals surface area contributed by atoms with Gasteiger partial charge in [0.05, 0.1) is 11.4 Å². The minimum atomic E-state index is 0.283. The van der Waals surface area contributed by atoms with Gasteiger partial charge < -0.3 is 0 Å². The lowest BCUT2D eigenvalue weighted by Gasteiger charge is -2.12. The second kappa shape index (κ2) is 12.6. The molecule has 1 fully saturated rings. The van der Waals surface area contributed by atoms with E-state index >= 15 is 0 Å². The van der Waals surface area contributed by atoms with Crippen molar-refractivity contribution in [3.63, 3.8) is 0 Å². The molecule has 1 unspecified atom stereocenters. The van der Waals surface area contributed by atoms with Crippen molar-refractivity contribution in [3.05, 3.63) is 211 Å². The first kappa shape index (κ1) is 30.2. The molecule has 2 nitrogen and oxygen atoms in total. The van der Waals surface area contributed by atoms with Crippen LogP contribution in [-0.4, -0.2) is 10.7 Å². The van der Waals surface area contributed by atoms with Crippen molar-refractivity contribution in [2.45, 2.75) is 6.42 Å². The van der Waals surface area contributed by atoms with Crippen LogP contribution in [-0.2, 0) is 0 Å². The summed E-state index contributed by atoms with van der Waals surface area (Å²) in [6.45, 7) is 0. The maximum absolute atomic E-state index is 5.57. The molecule has 10 rings (SSSR count). The third-order valence-electron chi connectivity index (χ3n) is 10.6. The molecular formula is C50H34N2. The van der Waals surface area contributed by atoms with E-state index in [0.717, 1.165) is 40.1 Å². The molecule has 7 aromatic carbocycles. The Labute approximate surface area is 303 Å². The van der Waals surface area contributed by atoms with Gasteiger partial charge in [-0.1, -0.05) is 157 Å². The Morgan fingerprint density at radius 3 is 1.71 bits per heavy atom. The molecule has 0 saturated heterocycles. The summed E-state index contributed by atoms with van der Waals surface area (Å²) in [7, 11) is 0. The van der Waals surface area contributed by atoms with Gasteiger partial charge in [-0.15, -0.1) is 0 Å². The molecule has 1 aromatic heterocycles. The van der Waals surface area contributed by atoms with Crippen LogP contribution in [0, 0.1) is 5.92 Å². The molecule has 0 spiro atoms. The zero-order chi connectivity index (χ0) is 34.4. The van der Waals surface area contributed by atoms with Crippen molar-refractivity contribution in [2.75, 3.05) is 0 Å². The van der Waals surface area contributed by atoms with E-state index in [-0.39, 0.29) is 5.92 Å². The van der Waals surface area contributed by atoms with Crippen LogP contribution in [0.1, 0.15) is 23.1 Å². The lowest BCUT2D eigenvalue weighted by Crippen LogP contribution is -2.04. The van der Waals surface area contributed by atoms with Crippen molar-refractivity contribution >= 4 is 38.5 Å². The van der Waals surface area contributed by atoms with Gasteiger partial charge in [0.2, 0.25) is 0 Å². The number of hydrogen-bond acceptors (Lipinski definition) is 2. The Bertz CT molecular complexity index is 2740. The predicted octanol–water partition coefficient (Wildman–Crippen LogP) is 12.7. The second-order valence-electron chi connectivity index (χ2n) is 13.8. The number of pyridine rings is 1. The third kappa shape index (κ3) is 5.46. The molecule has 0 amide bonds. The van der Waals surface area contributed by atoms with Crippen LogP contribution in [0.4, 0.5) is 0 Å². The number of nitrogens with zero attached hydrogens (tertiary/aromatic N) is 2. The van der Waals surface area contributed by atoms with Gasteiger partial charge in [-0.2, -0.15) is 0 Å². The predicted molar refractivity (Wildman–Crippen MR) is 218 cm³/mol. The summed E-state index contributed by atoms with van der Waals surface area (Å²) in [6, 6.07) is 61.3. The van der Waals surface area contributed by atoms with E-state index < -0.39 is 0 Å². The lowest BCUT2D eigenvalue weighted by atomic mass is 9.94. The Hall–Kier alpha value is -6.64. The highest BCUT2D eigenvalue weighted by Gasteiger charge is 2.39. The molecule has 0 radical (unpaired) electrons. The molecule has 52 heavy (non-hydrogen) atoms. The van der Waals surface area contributed by atoms with Crippen molar-refractivity contribution in [1.82, 2.24) is 4.98 Å². The summed E-state index contributed by atoms with van der Waals surface area (Å²) in [5.41, 5.74) is 15.5. The molecule has 8 aromatic rings. The van der Waals surface area contributed by atoms with E-state index in [1.165, 1.54) is 60.5 Å². The quantitative estimate of drug-likeness (QED) is 0.174. The first-order chi connectivity index (χ1) is 25.8. The number of allylic oxidation sites excluding steroid dienone is 3. The fraction of sp³-hybridized carbons (Fsp3) is 0.0400. The molecule has 1 atom stereocenters. The number of fused-ring (bicyclic) bond motifs is 3. The van der Waals surface area contributed by atoms with E-state index in [9.17, 15) is 0 Å². The largest absolute Gasteiger partial charge is 0.264 e. The van der Waals surface area contributed by atoms with Crippen molar-refractivity contribution < 1.29 is 0 Å². The van der Waals surface area contributed by atoms with Gasteiger partial charge in [-0.05, 0) is 96.8 Å².